The Kier molecular flexibility index (Phi) is 3.32. The summed E-state index contributed by atoms with van der Waals surface area (Å²) in [6.07, 6.45) is 5.29. The third-order valence-corrected chi connectivity index (χ3v) is 6.40. The molecule has 17 heavy (non-hydrogen) atoms. The topological polar surface area (TPSA) is 29.3 Å². The molecular formula is C13H19BrN2S. The Balaban J connectivity index is 1.76. The summed E-state index contributed by atoms with van der Waals surface area (Å²) in [4.78, 5) is 2.58. The van der Waals surface area contributed by atoms with E-state index in [4.69, 9.17) is 5.73 Å². The minimum Gasteiger partial charge on any atom is -0.324 e. The van der Waals surface area contributed by atoms with E-state index in [0.717, 1.165) is 12.1 Å². The van der Waals surface area contributed by atoms with Crippen molar-refractivity contribution in [2.75, 3.05) is 7.05 Å². The van der Waals surface area contributed by atoms with E-state index in [1.807, 2.05) is 0 Å². The van der Waals surface area contributed by atoms with Crippen LogP contribution < -0.4 is 5.73 Å². The average molecular weight is 315 g/mol. The van der Waals surface area contributed by atoms with Crippen molar-refractivity contribution >= 4 is 27.3 Å². The molecule has 94 valence electrons. The molecule has 0 aliphatic carbocycles. The van der Waals surface area contributed by atoms with Gasteiger partial charge in [-0.25, -0.2) is 0 Å². The Morgan fingerprint density at radius 1 is 1.35 bits per heavy atom. The molecule has 0 saturated carbocycles. The fourth-order valence-corrected chi connectivity index (χ4v) is 5.14. The van der Waals surface area contributed by atoms with E-state index in [-0.39, 0.29) is 6.04 Å². The van der Waals surface area contributed by atoms with Gasteiger partial charge in [-0.15, -0.1) is 0 Å². The van der Waals surface area contributed by atoms with Gasteiger partial charge in [0.05, 0.1) is 0 Å². The van der Waals surface area contributed by atoms with Crippen molar-refractivity contribution in [1.29, 1.82) is 0 Å². The van der Waals surface area contributed by atoms with Gasteiger partial charge in [-0.2, -0.15) is 11.3 Å². The molecule has 0 aromatic carbocycles. The lowest BCUT2D eigenvalue weighted by atomic mass is 9.83. The standard InChI is InChI=1S/C13H19BrN2S/c1-16-9-2-3-10(16)5-8(4-9)13(15)11-6-17-7-12(11)14/h6-10,13H,2-5,15H2,1H3. The molecule has 2 aliphatic rings. The molecule has 2 fully saturated rings. The molecular weight excluding hydrogens is 296 g/mol. The summed E-state index contributed by atoms with van der Waals surface area (Å²) in [5.74, 6) is 0.662. The lowest BCUT2D eigenvalue weighted by molar-refractivity contribution is 0.121. The van der Waals surface area contributed by atoms with E-state index in [2.05, 4.69) is 38.6 Å². The molecule has 1 aromatic rings. The van der Waals surface area contributed by atoms with Crippen LogP contribution in [0.3, 0.4) is 0 Å². The monoisotopic (exact) mass is 314 g/mol. The number of hydrogen-bond acceptors (Lipinski definition) is 3. The summed E-state index contributed by atoms with van der Waals surface area (Å²) in [7, 11) is 2.28. The van der Waals surface area contributed by atoms with Gasteiger partial charge in [-0.3, -0.25) is 0 Å². The van der Waals surface area contributed by atoms with Crippen molar-refractivity contribution in [1.82, 2.24) is 4.90 Å². The van der Waals surface area contributed by atoms with Gasteiger partial charge in [0.2, 0.25) is 0 Å². The number of thiophene rings is 1. The highest BCUT2D eigenvalue weighted by Gasteiger charge is 2.40. The molecule has 4 heteroatoms. The Morgan fingerprint density at radius 3 is 2.53 bits per heavy atom. The molecule has 3 atom stereocenters. The molecule has 1 aromatic heterocycles. The predicted molar refractivity (Wildman–Crippen MR) is 76.2 cm³/mol. The van der Waals surface area contributed by atoms with Gasteiger partial charge in [-0.05, 0) is 65.5 Å². The Bertz CT molecular complexity index is 392. The Hall–Kier alpha value is 0.100. The molecule has 3 rings (SSSR count). The predicted octanol–water partition coefficient (Wildman–Crippen LogP) is 3.38. The molecule has 0 spiro atoms. The first-order valence-corrected chi connectivity index (χ1v) is 8.09. The number of nitrogens with two attached hydrogens (primary N) is 1. The molecule has 2 saturated heterocycles. The summed E-state index contributed by atoms with van der Waals surface area (Å²) >= 11 is 5.35. The number of piperidine rings is 1. The molecule has 2 N–H and O–H groups in total. The summed E-state index contributed by atoms with van der Waals surface area (Å²) < 4.78 is 1.20. The maximum absolute atomic E-state index is 6.47. The van der Waals surface area contributed by atoms with Gasteiger partial charge < -0.3 is 10.6 Å². The van der Waals surface area contributed by atoms with Gasteiger partial charge in [0.25, 0.3) is 0 Å². The maximum atomic E-state index is 6.47. The van der Waals surface area contributed by atoms with E-state index in [1.54, 1.807) is 11.3 Å². The van der Waals surface area contributed by atoms with E-state index >= 15 is 0 Å². The number of nitrogens with zero attached hydrogens (tertiary/aromatic N) is 1. The quantitative estimate of drug-likeness (QED) is 0.906. The van der Waals surface area contributed by atoms with Gasteiger partial charge in [0.15, 0.2) is 0 Å². The lowest BCUT2D eigenvalue weighted by Crippen LogP contribution is -2.42. The van der Waals surface area contributed by atoms with Crippen molar-refractivity contribution < 1.29 is 0 Å². The second kappa shape index (κ2) is 4.65. The average Bonchev–Trinajstić information content (AvgIpc) is 2.79. The van der Waals surface area contributed by atoms with Gasteiger partial charge in [-0.1, -0.05) is 0 Å². The van der Waals surface area contributed by atoms with Gasteiger partial charge in [0.1, 0.15) is 0 Å². The molecule has 2 aliphatic heterocycles. The van der Waals surface area contributed by atoms with Crippen LogP contribution in [0.25, 0.3) is 0 Å². The summed E-state index contributed by atoms with van der Waals surface area (Å²) in [5.41, 5.74) is 7.78. The van der Waals surface area contributed by atoms with Gasteiger partial charge >= 0.3 is 0 Å². The number of hydrogen-bond donors (Lipinski definition) is 1. The minimum absolute atomic E-state index is 0.215. The van der Waals surface area contributed by atoms with Crippen molar-refractivity contribution in [3.05, 3.63) is 20.8 Å². The summed E-state index contributed by atoms with van der Waals surface area (Å²) in [6, 6.07) is 1.77. The second-order valence-electron chi connectivity index (χ2n) is 5.48. The van der Waals surface area contributed by atoms with Crippen molar-refractivity contribution in [2.45, 2.75) is 43.8 Å². The molecule has 3 heterocycles. The summed E-state index contributed by atoms with van der Waals surface area (Å²) in [6.45, 7) is 0. The zero-order valence-corrected chi connectivity index (χ0v) is 12.5. The first-order chi connectivity index (χ1) is 8.16. The highest BCUT2D eigenvalue weighted by Crippen LogP contribution is 2.43. The van der Waals surface area contributed by atoms with E-state index in [0.29, 0.717) is 5.92 Å². The van der Waals surface area contributed by atoms with E-state index in [9.17, 15) is 0 Å². The van der Waals surface area contributed by atoms with Crippen LogP contribution in [0.2, 0.25) is 0 Å². The van der Waals surface area contributed by atoms with Gasteiger partial charge in [0, 0.05) is 28.0 Å². The first kappa shape index (κ1) is 12.2. The third-order valence-electron chi connectivity index (χ3n) is 4.64. The number of fused-ring (bicyclic) bond motifs is 2. The van der Waals surface area contributed by atoms with Crippen molar-refractivity contribution in [3.63, 3.8) is 0 Å². The van der Waals surface area contributed by atoms with E-state index < -0.39 is 0 Å². The zero-order valence-electron chi connectivity index (χ0n) is 10.1. The fraction of sp³-hybridized carbons (Fsp3) is 0.692. The fourth-order valence-electron chi connectivity index (χ4n) is 3.53. The van der Waals surface area contributed by atoms with Crippen molar-refractivity contribution in [2.24, 2.45) is 11.7 Å². The molecule has 0 amide bonds. The van der Waals surface area contributed by atoms with Crippen LogP contribution in [-0.4, -0.2) is 24.0 Å². The minimum atomic E-state index is 0.215. The lowest BCUT2D eigenvalue weighted by Gasteiger charge is -2.38. The van der Waals surface area contributed by atoms with E-state index in [1.165, 1.54) is 35.7 Å². The number of rotatable bonds is 2. The molecule has 2 bridgehead atoms. The maximum Gasteiger partial charge on any atom is 0.0344 e. The van der Waals surface area contributed by atoms with Crippen LogP contribution in [-0.2, 0) is 0 Å². The zero-order chi connectivity index (χ0) is 12.0. The van der Waals surface area contributed by atoms with Crippen molar-refractivity contribution in [3.8, 4) is 0 Å². The van der Waals surface area contributed by atoms with Crippen LogP contribution in [0.5, 0.6) is 0 Å². The largest absolute Gasteiger partial charge is 0.324 e. The third kappa shape index (κ3) is 2.09. The molecule has 0 radical (unpaired) electrons. The number of halogens is 1. The highest BCUT2D eigenvalue weighted by atomic mass is 79.9. The van der Waals surface area contributed by atoms with Crippen LogP contribution in [0.15, 0.2) is 15.2 Å². The molecule has 2 nitrogen and oxygen atoms in total. The SMILES string of the molecule is CN1C2CCC1CC(C(N)c1cscc1Br)C2. The van der Waals surface area contributed by atoms with Crippen LogP contribution >= 0.6 is 27.3 Å². The normalized spacial score (nSPS) is 35.1. The Labute approximate surface area is 115 Å². The van der Waals surface area contributed by atoms with Crippen LogP contribution in [0, 0.1) is 5.92 Å². The second-order valence-corrected chi connectivity index (χ2v) is 7.08. The summed E-state index contributed by atoms with van der Waals surface area (Å²) in [5, 5.41) is 4.34. The van der Waals surface area contributed by atoms with Crippen LogP contribution in [0.1, 0.15) is 37.3 Å². The smallest absolute Gasteiger partial charge is 0.0344 e. The first-order valence-electron chi connectivity index (χ1n) is 6.36. The highest BCUT2D eigenvalue weighted by molar-refractivity contribution is 9.10. The molecule has 3 unspecified atom stereocenters. The Morgan fingerprint density at radius 2 is 2.00 bits per heavy atom. The van der Waals surface area contributed by atoms with Crippen LogP contribution in [0.4, 0.5) is 0 Å².